The van der Waals surface area contributed by atoms with Crippen LogP contribution in [0, 0.1) is 19.7 Å². The van der Waals surface area contributed by atoms with E-state index in [1.807, 2.05) is 52.3 Å². The molecule has 0 radical (unpaired) electrons. The fourth-order valence-corrected chi connectivity index (χ4v) is 4.89. The Hall–Kier alpha value is -3.19. The summed E-state index contributed by atoms with van der Waals surface area (Å²) in [5, 5.41) is 0.786. The van der Waals surface area contributed by atoms with E-state index in [0.717, 1.165) is 35.0 Å². The summed E-state index contributed by atoms with van der Waals surface area (Å²) >= 11 is 0. The summed E-state index contributed by atoms with van der Waals surface area (Å²) in [6, 6.07) is 3.47. The van der Waals surface area contributed by atoms with Crippen LogP contribution < -0.4 is 4.74 Å². The van der Waals surface area contributed by atoms with Gasteiger partial charge in [0.15, 0.2) is 17.7 Å². The minimum Gasteiger partial charge on any atom is -0.490 e. The third-order valence-electron chi connectivity index (χ3n) is 6.50. The molecule has 0 fully saturated rings. The topological polar surface area (TPSA) is 62.6 Å². The third kappa shape index (κ3) is 4.33. The molecule has 0 saturated heterocycles. The number of aromatic nitrogens is 2. The molecular weight excluding hydrogens is 447 g/mol. The van der Waals surface area contributed by atoms with Gasteiger partial charge in [0.05, 0.1) is 19.3 Å². The quantitative estimate of drug-likeness (QED) is 0.420. The Bertz CT molecular complexity index is 1330. The van der Waals surface area contributed by atoms with Gasteiger partial charge in [0.2, 0.25) is 0 Å². The lowest BCUT2D eigenvalue weighted by Crippen LogP contribution is -2.29. The molecule has 1 atom stereocenters. The van der Waals surface area contributed by atoms with Gasteiger partial charge in [0, 0.05) is 40.5 Å². The zero-order chi connectivity index (χ0) is 25.7. The van der Waals surface area contributed by atoms with E-state index in [-0.39, 0.29) is 0 Å². The molecule has 3 heterocycles. The second-order valence-electron chi connectivity index (χ2n) is 9.98. The van der Waals surface area contributed by atoms with Crippen LogP contribution in [0.5, 0.6) is 5.75 Å². The van der Waals surface area contributed by atoms with E-state index >= 15 is 4.39 Å². The van der Waals surface area contributed by atoms with E-state index in [9.17, 15) is 4.79 Å². The van der Waals surface area contributed by atoms with Gasteiger partial charge in [-0.1, -0.05) is 6.58 Å². The first-order chi connectivity index (χ1) is 16.5. The molecule has 0 aliphatic carbocycles. The molecule has 3 aromatic rings. The monoisotopic (exact) mass is 480 g/mol. The highest BCUT2D eigenvalue weighted by Gasteiger charge is 2.35. The Balaban J connectivity index is 2.15. The summed E-state index contributed by atoms with van der Waals surface area (Å²) in [6.07, 6.45) is 2.24. The van der Waals surface area contributed by atoms with E-state index in [1.165, 1.54) is 13.2 Å². The van der Waals surface area contributed by atoms with Crippen LogP contribution >= 0.6 is 0 Å². The average Bonchev–Trinajstić information content (AvgIpc) is 3.13. The van der Waals surface area contributed by atoms with Gasteiger partial charge in [-0.15, -0.1) is 0 Å². The number of esters is 1. The van der Waals surface area contributed by atoms with Crippen molar-refractivity contribution in [2.45, 2.75) is 59.2 Å². The molecule has 186 valence electrons. The number of pyridine rings is 1. The highest BCUT2D eigenvalue weighted by molar-refractivity contribution is 6.00. The van der Waals surface area contributed by atoms with E-state index < -0.39 is 23.5 Å². The number of benzene rings is 1. The molecular formula is C28H33FN2O4. The zero-order valence-corrected chi connectivity index (χ0v) is 21.5. The van der Waals surface area contributed by atoms with Gasteiger partial charge < -0.3 is 18.8 Å². The molecule has 0 bridgehead atoms. The van der Waals surface area contributed by atoms with Crippen LogP contribution in [-0.2, 0) is 27.7 Å². The number of carbonyl (C=O) groups excluding carboxylic acids is 1. The summed E-state index contributed by atoms with van der Waals surface area (Å²) in [4.78, 5) is 17.9. The van der Waals surface area contributed by atoms with Crippen molar-refractivity contribution in [3.8, 4) is 16.9 Å². The average molecular weight is 481 g/mol. The first-order valence-electron chi connectivity index (χ1n) is 11.8. The molecule has 0 unspecified atom stereocenters. The Labute approximate surface area is 205 Å². The van der Waals surface area contributed by atoms with Crippen LogP contribution in [0.1, 0.15) is 61.4 Å². The highest BCUT2D eigenvalue weighted by Crippen LogP contribution is 2.45. The maximum Gasteiger partial charge on any atom is 0.339 e. The minimum atomic E-state index is -1.05. The Morgan fingerprint density at radius 1 is 1.31 bits per heavy atom. The van der Waals surface area contributed by atoms with Crippen molar-refractivity contribution in [1.82, 2.24) is 9.55 Å². The second-order valence-corrected chi connectivity index (χ2v) is 9.98. The van der Waals surface area contributed by atoms with Gasteiger partial charge >= 0.3 is 5.97 Å². The first-order valence-corrected chi connectivity index (χ1v) is 11.8. The number of ether oxygens (including phenoxy) is 3. The smallest absolute Gasteiger partial charge is 0.339 e. The molecule has 0 spiro atoms. The number of nitrogens with zero attached hydrogens (tertiary/aromatic N) is 2. The second kappa shape index (κ2) is 9.11. The molecule has 0 N–H and O–H groups in total. The number of hydrogen-bond donors (Lipinski definition) is 0. The Morgan fingerprint density at radius 2 is 2.03 bits per heavy atom. The van der Waals surface area contributed by atoms with Crippen LogP contribution in [0.4, 0.5) is 4.39 Å². The SMILES string of the molecule is C=Cc1cc2c(-c3cc(F)c4c(c3C)CCCO4)c([C@H](OC(C)(C)C)C(=O)OC)c(C)nc2n1C. The number of hydrogen-bond acceptors (Lipinski definition) is 5. The van der Waals surface area contributed by atoms with E-state index in [2.05, 4.69) is 6.58 Å². The predicted molar refractivity (Wildman–Crippen MR) is 135 cm³/mol. The van der Waals surface area contributed by atoms with Crippen molar-refractivity contribution in [2.24, 2.45) is 7.05 Å². The standard InChI is InChI=1S/C28H33FN2O4/c1-9-17-13-20-23(19-14-21(29)24-18(15(19)2)11-10-12-34-24)22(16(3)30-26(20)31(17)7)25(27(32)33-8)35-28(4,5)6/h9,13-14,25H,1,10-12H2,2-8H3/t25-/m0/s1. The highest BCUT2D eigenvalue weighted by atomic mass is 19.1. The van der Waals surface area contributed by atoms with Crippen molar-refractivity contribution in [1.29, 1.82) is 0 Å². The summed E-state index contributed by atoms with van der Waals surface area (Å²) in [5.41, 5.74) is 5.26. The van der Waals surface area contributed by atoms with Crippen LogP contribution in [0.3, 0.4) is 0 Å². The Kier molecular flexibility index (Phi) is 6.49. The molecule has 1 aliphatic heterocycles. The molecule has 7 heteroatoms. The van der Waals surface area contributed by atoms with E-state index in [4.69, 9.17) is 19.2 Å². The number of rotatable bonds is 5. The lowest BCUT2D eigenvalue weighted by Gasteiger charge is -2.29. The van der Waals surface area contributed by atoms with Gasteiger partial charge in [-0.3, -0.25) is 0 Å². The normalized spacial score (nSPS) is 14.4. The summed E-state index contributed by atoms with van der Waals surface area (Å²) in [6.45, 7) is 13.9. The van der Waals surface area contributed by atoms with Crippen molar-refractivity contribution >= 4 is 23.1 Å². The summed E-state index contributed by atoms with van der Waals surface area (Å²) in [7, 11) is 3.24. The molecule has 4 rings (SSSR count). The van der Waals surface area contributed by atoms with Gasteiger partial charge in [-0.25, -0.2) is 14.2 Å². The van der Waals surface area contributed by atoms with Crippen LogP contribution in [-0.4, -0.2) is 34.8 Å². The molecule has 0 saturated carbocycles. The lowest BCUT2D eigenvalue weighted by molar-refractivity contribution is -0.164. The molecule has 2 aromatic heterocycles. The van der Waals surface area contributed by atoms with Crippen molar-refractivity contribution < 1.29 is 23.4 Å². The predicted octanol–water partition coefficient (Wildman–Crippen LogP) is 5.99. The lowest BCUT2D eigenvalue weighted by atomic mass is 9.86. The summed E-state index contributed by atoms with van der Waals surface area (Å²) in [5.74, 6) is -0.638. The number of aryl methyl sites for hydroxylation is 2. The van der Waals surface area contributed by atoms with E-state index in [1.54, 1.807) is 6.08 Å². The zero-order valence-electron chi connectivity index (χ0n) is 21.5. The number of carbonyl (C=O) groups is 1. The number of fused-ring (bicyclic) bond motifs is 2. The van der Waals surface area contributed by atoms with Crippen LogP contribution in [0.25, 0.3) is 28.2 Å². The molecule has 1 aliphatic rings. The van der Waals surface area contributed by atoms with Gasteiger partial charge in [-0.2, -0.15) is 0 Å². The fourth-order valence-electron chi connectivity index (χ4n) is 4.89. The van der Waals surface area contributed by atoms with E-state index in [0.29, 0.717) is 40.4 Å². The maximum atomic E-state index is 15.4. The molecule has 35 heavy (non-hydrogen) atoms. The summed E-state index contributed by atoms with van der Waals surface area (Å²) < 4.78 is 34.4. The maximum absolute atomic E-state index is 15.4. The number of methoxy groups -OCH3 is 1. The van der Waals surface area contributed by atoms with Gasteiger partial charge in [0.25, 0.3) is 0 Å². The van der Waals surface area contributed by atoms with Gasteiger partial charge in [-0.05, 0) is 76.8 Å². The molecule has 0 amide bonds. The van der Waals surface area contributed by atoms with Gasteiger partial charge in [0.1, 0.15) is 5.65 Å². The first kappa shape index (κ1) is 24.9. The number of halogens is 1. The van der Waals surface area contributed by atoms with Crippen LogP contribution in [0.15, 0.2) is 18.7 Å². The fraction of sp³-hybridized carbons (Fsp3) is 0.429. The van der Waals surface area contributed by atoms with Crippen molar-refractivity contribution in [2.75, 3.05) is 13.7 Å². The third-order valence-corrected chi connectivity index (χ3v) is 6.50. The minimum absolute atomic E-state index is 0.316. The molecule has 6 nitrogen and oxygen atoms in total. The largest absolute Gasteiger partial charge is 0.490 e. The Morgan fingerprint density at radius 3 is 2.66 bits per heavy atom. The molecule has 1 aromatic carbocycles. The van der Waals surface area contributed by atoms with Crippen molar-refractivity contribution in [3.63, 3.8) is 0 Å². The van der Waals surface area contributed by atoms with Crippen LogP contribution in [0.2, 0.25) is 0 Å². The van der Waals surface area contributed by atoms with Crippen molar-refractivity contribution in [3.05, 3.63) is 52.6 Å².